The second-order valence-electron chi connectivity index (χ2n) is 3.59. The number of hydrogen-bond acceptors (Lipinski definition) is 2. The van der Waals surface area contributed by atoms with Crippen LogP contribution < -0.4 is 0 Å². The SMILES string of the molecule is O=C(O)C(=S)Cc1ccc2ccccc2c1. The summed E-state index contributed by atoms with van der Waals surface area (Å²) in [7, 11) is 0. The van der Waals surface area contributed by atoms with E-state index in [0.717, 1.165) is 16.3 Å². The highest BCUT2D eigenvalue weighted by Crippen LogP contribution is 2.16. The van der Waals surface area contributed by atoms with Gasteiger partial charge in [-0.1, -0.05) is 54.7 Å². The monoisotopic (exact) mass is 230 g/mol. The first-order chi connectivity index (χ1) is 7.66. The lowest BCUT2D eigenvalue weighted by molar-refractivity contribution is -0.129. The van der Waals surface area contributed by atoms with Gasteiger partial charge in [-0.05, 0) is 16.3 Å². The zero-order valence-corrected chi connectivity index (χ0v) is 9.33. The largest absolute Gasteiger partial charge is 0.477 e. The lowest BCUT2D eigenvalue weighted by Gasteiger charge is -2.02. The van der Waals surface area contributed by atoms with Crippen LogP contribution in [0.3, 0.4) is 0 Å². The van der Waals surface area contributed by atoms with Crippen LogP contribution in [0.25, 0.3) is 10.8 Å². The minimum absolute atomic E-state index is 0.0512. The van der Waals surface area contributed by atoms with Gasteiger partial charge in [0.25, 0.3) is 0 Å². The van der Waals surface area contributed by atoms with E-state index in [1.807, 2.05) is 42.5 Å². The molecule has 2 nitrogen and oxygen atoms in total. The molecule has 0 aromatic heterocycles. The molecule has 0 aliphatic heterocycles. The Hall–Kier alpha value is -1.74. The van der Waals surface area contributed by atoms with Crippen molar-refractivity contribution in [2.24, 2.45) is 0 Å². The molecule has 16 heavy (non-hydrogen) atoms. The number of hydrogen-bond donors (Lipinski definition) is 1. The van der Waals surface area contributed by atoms with Gasteiger partial charge in [0, 0.05) is 6.42 Å². The number of thiocarbonyl (C=S) groups is 1. The first kappa shape index (κ1) is 10.8. The molecule has 0 atom stereocenters. The van der Waals surface area contributed by atoms with Gasteiger partial charge in [-0.25, -0.2) is 4.79 Å². The van der Waals surface area contributed by atoms with Gasteiger partial charge in [-0.2, -0.15) is 0 Å². The Kier molecular flexibility index (Phi) is 2.97. The molecular weight excluding hydrogens is 220 g/mol. The molecule has 0 unspecified atom stereocenters. The maximum atomic E-state index is 10.6. The number of carboxylic acid groups (broad SMARTS) is 1. The molecule has 0 fully saturated rings. The van der Waals surface area contributed by atoms with Crippen molar-refractivity contribution in [2.45, 2.75) is 6.42 Å². The van der Waals surface area contributed by atoms with Gasteiger partial charge in [0.2, 0.25) is 0 Å². The van der Waals surface area contributed by atoms with Gasteiger partial charge < -0.3 is 5.11 Å². The third-order valence-electron chi connectivity index (χ3n) is 2.42. The average Bonchev–Trinajstić information content (AvgIpc) is 2.28. The van der Waals surface area contributed by atoms with Gasteiger partial charge in [-0.3, -0.25) is 0 Å². The summed E-state index contributed by atoms with van der Waals surface area (Å²) in [5, 5.41) is 11.0. The first-order valence-electron chi connectivity index (χ1n) is 4.90. The molecule has 0 aliphatic carbocycles. The molecule has 2 rings (SSSR count). The lowest BCUT2D eigenvalue weighted by atomic mass is 10.0. The third-order valence-corrected chi connectivity index (χ3v) is 2.74. The van der Waals surface area contributed by atoms with Crippen molar-refractivity contribution in [2.75, 3.05) is 0 Å². The molecular formula is C13H10O2S. The second-order valence-corrected chi connectivity index (χ2v) is 4.08. The lowest BCUT2D eigenvalue weighted by Crippen LogP contribution is -2.12. The average molecular weight is 230 g/mol. The van der Waals surface area contributed by atoms with Gasteiger partial charge >= 0.3 is 5.97 Å². The van der Waals surface area contributed by atoms with E-state index in [2.05, 4.69) is 0 Å². The number of carbonyl (C=O) groups is 1. The fraction of sp³-hybridized carbons (Fsp3) is 0.0769. The predicted octanol–water partition coefficient (Wildman–Crippen LogP) is 2.84. The zero-order valence-electron chi connectivity index (χ0n) is 8.51. The van der Waals surface area contributed by atoms with Crippen LogP contribution in [0.15, 0.2) is 42.5 Å². The normalized spacial score (nSPS) is 10.2. The molecule has 0 saturated heterocycles. The van der Waals surface area contributed by atoms with Crippen molar-refractivity contribution in [1.29, 1.82) is 0 Å². The molecule has 1 N–H and O–H groups in total. The Bertz CT molecular complexity index is 561. The van der Waals surface area contributed by atoms with E-state index in [-0.39, 0.29) is 4.86 Å². The van der Waals surface area contributed by atoms with Gasteiger partial charge in [0.1, 0.15) is 4.86 Å². The number of benzene rings is 2. The maximum absolute atomic E-state index is 10.6. The first-order valence-corrected chi connectivity index (χ1v) is 5.31. The quantitative estimate of drug-likeness (QED) is 0.824. The van der Waals surface area contributed by atoms with Crippen LogP contribution in [0.2, 0.25) is 0 Å². The Morgan fingerprint density at radius 1 is 1.12 bits per heavy atom. The summed E-state index contributed by atoms with van der Waals surface area (Å²) in [5.74, 6) is -1.01. The highest BCUT2D eigenvalue weighted by Gasteiger charge is 2.07. The summed E-state index contributed by atoms with van der Waals surface area (Å²) in [6.07, 6.45) is 0.315. The number of rotatable bonds is 3. The molecule has 0 heterocycles. The van der Waals surface area contributed by atoms with Crippen LogP contribution in [0.4, 0.5) is 0 Å². The van der Waals surface area contributed by atoms with E-state index in [1.165, 1.54) is 0 Å². The molecule has 0 aliphatic rings. The minimum Gasteiger partial charge on any atom is -0.477 e. The van der Waals surface area contributed by atoms with E-state index < -0.39 is 5.97 Å². The standard InChI is InChI=1S/C13H10O2S/c14-13(15)12(16)8-9-5-6-10-3-1-2-4-11(10)7-9/h1-7H,8H2,(H,14,15). The van der Waals surface area contributed by atoms with Crippen LogP contribution in [0.5, 0.6) is 0 Å². The number of aliphatic carboxylic acids is 1. The fourth-order valence-corrected chi connectivity index (χ4v) is 1.78. The Morgan fingerprint density at radius 3 is 2.50 bits per heavy atom. The fourth-order valence-electron chi connectivity index (χ4n) is 1.61. The number of carboxylic acids is 1. The highest BCUT2D eigenvalue weighted by atomic mass is 32.1. The van der Waals surface area contributed by atoms with Gasteiger partial charge in [0.15, 0.2) is 0 Å². The van der Waals surface area contributed by atoms with Crippen LogP contribution in [0, 0.1) is 0 Å². The molecule has 80 valence electrons. The van der Waals surface area contributed by atoms with Gasteiger partial charge in [-0.15, -0.1) is 0 Å². The predicted molar refractivity (Wildman–Crippen MR) is 67.9 cm³/mol. The van der Waals surface area contributed by atoms with Crippen molar-refractivity contribution in [3.8, 4) is 0 Å². The van der Waals surface area contributed by atoms with Crippen molar-refractivity contribution in [3.63, 3.8) is 0 Å². The van der Waals surface area contributed by atoms with Crippen LogP contribution in [0.1, 0.15) is 5.56 Å². The summed E-state index contributed by atoms with van der Waals surface area (Å²) < 4.78 is 0. The van der Waals surface area contributed by atoms with E-state index >= 15 is 0 Å². The van der Waals surface area contributed by atoms with Crippen LogP contribution in [-0.4, -0.2) is 15.9 Å². The minimum atomic E-state index is -1.01. The Morgan fingerprint density at radius 2 is 1.81 bits per heavy atom. The Balaban J connectivity index is 2.33. The highest BCUT2D eigenvalue weighted by molar-refractivity contribution is 7.82. The summed E-state index contributed by atoms with van der Waals surface area (Å²) in [4.78, 5) is 10.7. The summed E-state index contributed by atoms with van der Waals surface area (Å²) in [6, 6.07) is 13.8. The summed E-state index contributed by atoms with van der Waals surface area (Å²) in [5.41, 5.74) is 0.936. The molecule has 0 bridgehead atoms. The van der Waals surface area contributed by atoms with E-state index in [9.17, 15) is 4.79 Å². The van der Waals surface area contributed by atoms with Crippen LogP contribution in [-0.2, 0) is 11.2 Å². The molecule has 0 amide bonds. The van der Waals surface area contributed by atoms with Crippen molar-refractivity contribution >= 4 is 33.8 Å². The topological polar surface area (TPSA) is 37.3 Å². The van der Waals surface area contributed by atoms with E-state index in [4.69, 9.17) is 17.3 Å². The zero-order chi connectivity index (χ0) is 11.5. The second kappa shape index (κ2) is 4.41. The number of fused-ring (bicyclic) bond motifs is 1. The van der Waals surface area contributed by atoms with E-state index in [0.29, 0.717) is 6.42 Å². The molecule has 0 spiro atoms. The Labute approximate surface area is 98.5 Å². The molecule has 0 saturated carbocycles. The van der Waals surface area contributed by atoms with Crippen molar-refractivity contribution in [1.82, 2.24) is 0 Å². The molecule has 2 aromatic carbocycles. The molecule has 0 radical (unpaired) electrons. The summed E-state index contributed by atoms with van der Waals surface area (Å²) in [6.45, 7) is 0. The molecule has 3 heteroatoms. The smallest absolute Gasteiger partial charge is 0.342 e. The van der Waals surface area contributed by atoms with Gasteiger partial charge in [0.05, 0.1) is 0 Å². The van der Waals surface area contributed by atoms with Crippen LogP contribution >= 0.6 is 12.2 Å². The maximum Gasteiger partial charge on any atom is 0.342 e. The third kappa shape index (κ3) is 2.25. The van der Waals surface area contributed by atoms with E-state index in [1.54, 1.807) is 0 Å². The summed E-state index contributed by atoms with van der Waals surface area (Å²) >= 11 is 4.78. The van der Waals surface area contributed by atoms with Crippen molar-refractivity contribution < 1.29 is 9.90 Å². The molecule has 2 aromatic rings. The van der Waals surface area contributed by atoms with Crippen molar-refractivity contribution in [3.05, 3.63) is 48.0 Å².